The summed E-state index contributed by atoms with van der Waals surface area (Å²) in [6.07, 6.45) is 2.74. The molecule has 7 heteroatoms. The highest BCUT2D eigenvalue weighted by Gasteiger charge is 2.47. The van der Waals surface area contributed by atoms with Gasteiger partial charge in [0.05, 0.1) is 17.9 Å². The van der Waals surface area contributed by atoms with Gasteiger partial charge in [0.25, 0.3) is 5.91 Å². The van der Waals surface area contributed by atoms with Crippen LogP contribution in [0.25, 0.3) is 0 Å². The van der Waals surface area contributed by atoms with Crippen molar-refractivity contribution in [3.63, 3.8) is 0 Å². The molecule has 0 aliphatic carbocycles. The number of ketones is 1. The number of carbonyl (C=O) groups is 3. The first-order valence-corrected chi connectivity index (χ1v) is 8.04. The summed E-state index contributed by atoms with van der Waals surface area (Å²) in [4.78, 5) is 36.9. The lowest BCUT2D eigenvalue weighted by Crippen LogP contribution is -2.60. The zero-order valence-corrected chi connectivity index (χ0v) is 14.4. The van der Waals surface area contributed by atoms with Gasteiger partial charge in [0.15, 0.2) is 5.78 Å². The Kier molecular flexibility index (Phi) is 5.43. The van der Waals surface area contributed by atoms with E-state index in [-0.39, 0.29) is 18.3 Å². The van der Waals surface area contributed by atoms with Crippen LogP contribution in [0.15, 0.2) is 23.0 Å². The minimum absolute atomic E-state index is 0.0197. The first-order valence-electron chi connectivity index (χ1n) is 8.04. The number of nitrogens with one attached hydrogen (secondary N) is 2. The van der Waals surface area contributed by atoms with E-state index in [1.54, 1.807) is 13.8 Å². The molecule has 0 saturated carbocycles. The molecular formula is C17H24N2O5. The van der Waals surface area contributed by atoms with E-state index in [4.69, 9.17) is 9.15 Å². The van der Waals surface area contributed by atoms with Crippen molar-refractivity contribution in [2.75, 3.05) is 6.61 Å². The zero-order valence-electron chi connectivity index (χ0n) is 14.4. The fourth-order valence-electron chi connectivity index (χ4n) is 2.60. The van der Waals surface area contributed by atoms with Gasteiger partial charge >= 0.3 is 0 Å². The van der Waals surface area contributed by atoms with Gasteiger partial charge in [-0.1, -0.05) is 13.8 Å². The van der Waals surface area contributed by atoms with E-state index < -0.39 is 29.5 Å². The Morgan fingerprint density at radius 2 is 2.12 bits per heavy atom. The number of amides is 2. The molecule has 1 aromatic heterocycles. The average Bonchev–Trinajstić information content (AvgIpc) is 3.11. The number of furan rings is 1. The second-order valence-corrected chi connectivity index (χ2v) is 6.74. The van der Waals surface area contributed by atoms with Crippen LogP contribution in [0.5, 0.6) is 0 Å². The first kappa shape index (κ1) is 18.2. The number of rotatable bonds is 6. The molecule has 2 N–H and O–H groups in total. The summed E-state index contributed by atoms with van der Waals surface area (Å²) in [6, 6.07) is 0.780. The Morgan fingerprint density at radius 3 is 2.62 bits per heavy atom. The molecule has 1 aliphatic rings. The van der Waals surface area contributed by atoms with Crippen LogP contribution in [0, 0.1) is 5.92 Å². The van der Waals surface area contributed by atoms with Crippen LogP contribution in [0.4, 0.5) is 0 Å². The quantitative estimate of drug-likeness (QED) is 0.816. The largest absolute Gasteiger partial charge is 0.472 e. The second-order valence-electron chi connectivity index (χ2n) is 6.74. The molecule has 1 fully saturated rings. The van der Waals surface area contributed by atoms with Crippen molar-refractivity contribution in [1.82, 2.24) is 10.6 Å². The van der Waals surface area contributed by atoms with E-state index in [1.165, 1.54) is 18.6 Å². The van der Waals surface area contributed by atoms with Crippen LogP contribution in [0.1, 0.15) is 44.5 Å². The average molecular weight is 336 g/mol. The molecule has 3 atom stereocenters. The van der Waals surface area contributed by atoms with Crippen molar-refractivity contribution in [2.24, 2.45) is 5.92 Å². The van der Waals surface area contributed by atoms with E-state index in [2.05, 4.69) is 10.6 Å². The number of hydrogen-bond donors (Lipinski definition) is 2. The summed E-state index contributed by atoms with van der Waals surface area (Å²) in [5, 5.41) is 5.47. The normalized spacial score (nSPS) is 24.9. The zero-order chi connectivity index (χ0) is 17.9. The van der Waals surface area contributed by atoms with E-state index >= 15 is 0 Å². The fraction of sp³-hybridized carbons (Fsp3) is 0.588. The van der Waals surface area contributed by atoms with E-state index in [0.717, 1.165) is 0 Å². The topological polar surface area (TPSA) is 97.6 Å². The number of hydrogen-bond acceptors (Lipinski definition) is 5. The predicted molar refractivity (Wildman–Crippen MR) is 86.4 cm³/mol. The van der Waals surface area contributed by atoms with Crippen LogP contribution >= 0.6 is 0 Å². The van der Waals surface area contributed by atoms with Gasteiger partial charge in [-0.15, -0.1) is 0 Å². The van der Waals surface area contributed by atoms with Crippen molar-refractivity contribution in [3.05, 3.63) is 24.2 Å². The molecule has 132 valence electrons. The van der Waals surface area contributed by atoms with Crippen molar-refractivity contribution in [3.8, 4) is 0 Å². The fourth-order valence-corrected chi connectivity index (χ4v) is 2.60. The highest BCUT2D eigenvalue weighted by atomic mass is 16.5. The van der Waals surface area contributed by atoms with Crippen molar-refractivity contribution in [2.45, 2.75) is 51.8 Å². The van der Waals surface area contributed by atoms with E-state index in [1.807, 2.05) is 13.8 Å². The molecule has 1 aliphatic heterocycles. The maximum atomic E-state index is 12.7. The number of Topliss-reactive ketones (excluding diaryl/α,β-unsaturated/α-hetero) is 1. The molecule has 0 bridgehead atoms. The molecule has 2 rings (SSSR count). The van der Waals surface area contributed by atoms with Crippen LogP contribution in [0.3, 0.4) is 0 Å². The molecule has 0 unspecified atom stereocenters. The van der Waals surface area contributed by atoms with Gasteiger partial charge in [-0.25, -0.2) is 0 Å². The molecular weight excluding hydrogens is 312 g/mol. The summed E-state index contributed by atoms with van der Waals surface area (Å²) < 4.78 is 10.2. The third kappa shape index (κ3) is 3.84. The second kappa shape index (κ2) is 7.17. The predicted octanol–water partition coefficient (Wildman–Crippen LogP) is 1.29. The molecule has 2 heterocycles. The van der Waals surface area contributed by atoms with Crippen LogP contribution in [0.2, 0.25) is 0 Å². The SMILES string of the molecule is CC(C)C[C@@H](NC(=O)c1ccoc1)C(=O)N[C@@]1(C)C(=O)CO[C@@H]1C. The van der Waals surface area contributed by atoms with Gasteiger partial charge in [-0.3, -0.25) is 14.4 Å². The minimum atomic E-state index is -1.08. The standard InChI is InChI=1S/C17H24N2O5/c1-10(2)7-13(18-15(21)12-5-6-23-8-12)16(22)19-17(4)11(3)24-9-14(17)20/h5-6,8,10-11,13H,7,9H2,1-4H3,(H,18,21)(H,19,22)/t11-,13-,17-/m1/s1. The lowest BCUT2D eigenvalue weighted by molar-refractivity contribution is -0.130. The van der Waals surface area contributed by atoms with Crippen molar-refractivity contribution < 1.29 is 23.5 Å². The van der Waals surface area contributed by atoms with Gasteiger partial charge < -0.3 is 19.8 Å². The van der Waals surface area contributed by atoms with Crippen LogP contribution < -0.4 is 10.6 Å². The number of ether oxygens (including phenoxy) is 1. The highest BCUT2D eigenvalue weighted by Crippen LogP contribution is 2.22. The maximum Gasteiger partial charge on any atom is 0.255 e. The monoisotopic (exact) mass is 336 g/mol. The van der Waals surface area contributed by atoms with Gasteiger partial charge in [0.2, 0.25) is 5.91 Å². The molecule has 1 aromatic rings. The number of carbonyl (C=O) groups excluding carboxylic acids is 3. The van der Waals surface area contributed by atoms with Crippen molar-refractivity contribution in [1.29, 1.82) is 0 Å². The lowest BCUT2D eigenvalue weighted by atomic mass is 9.92. The first-order chi connectivity index (χ1) is 11.2. The van der Waals surface area contributed by atoms with Crippen LogP contribution in [-0.2, 0) is 14.3 Å². The molecule has 0 radical (unpaired) electrons. The summed E-state index contributed by atoms with van der Waals surface area (Å²) >= 11 is 0. The Bertz CT molecular complexity index is 611. The Hall–Kier alpha value is -2.15. The summed E-state index contributed by atoms with van der Waals surface area (Å²) in [6.45, 7) is 7.28. The van der Waals surface area contributed by atoms with Gasteiger partial charge in [-0.05, 0) is 32.3 Å². The molecule has 24 heavy (non-hydrogen) atoms. The third-order valence-electron chi connectivity index (χ3n) is 4.35. The summed E-state index contributed by atoms with van der Waals surface area (Å²) in [7, 11) is 0. The minimum Gasteiger partial charge on any atom is -0.472 e. The Labute approximate surface area is 141 Å². The lowest BCUT2D eigenvalue weighted by Gasteiger charge is -2.30. The molecule has 0 aromatic carbocycles. The molecule has 1 saturated heterocycles. The van der Waals surface area contributed by atoms with Crippen LogP contribution in [-0.4, -0.2) is 41.9 Å². The van der Waals surface area contributed by atoms with E-state index in [0.29, 0.717) is 12.0 Å². The highest BCUT2D eigenvalue weighted by molar-refractivity contribution is 6.00. The molecule has 7 nitrogen and oxygen atoms in total. The van der Waals surface area contributed by atoms with Gasteiger partial charge in [0.1, 0.15) is 24.5 Å². The summed E-state index contributed by atoms with van der Waals surface area (Å²) in [5.41, 5.74) is -0.733. The van der Waals surface area contributed by atoms with E-state index in [9.17, 15) is 14.4 Å². The maximum absolute atomic E-state index is 12.7. The molecule has 0 spiro atoms. The Morgan fingerprint density at radius 1 is 1.42 bits per heavy atom. The van der Waals surface area contributed by atoms with Gasteiger partial charge in [0, 0.05) is 0 Å². The molecule has 2 amide bonds. The summed E-state index contributed by atoms with van der Waals surface area (Å²) in [5.74, 6) is -0.774. The third-order valence-corrected chi connectivity index (χ3v) is 4.35. The van der Waals surface area contributed by atoms with Gasteiger partial charge in [-0.2, -0.15) is 0 Å². The van der Waals surface area contributed by atoms with Crippen molar-refractivity contribution >= 4 is 17.6 Å². The Balaban J connectivity index is 2.10. The smallest absolute Gasteiger partial charge is 0.255 e.